The number of aromatic carboxylic acids is 1. The molecule has 1 aromatic heterocycles. The fourth-order valence-corrected chi connectivity index (χ4v) is 2.34. The lowest BCUT2D eigenvalue weighted by atomic mass is 10.0. The van der Waals surface area contributed by atoms with Gasteiger partial charge in [-0.2, -0.15) is 5.10 Å². The van der Waals surface area contributed by atoms with Crippen LogP contribution >= 0.6 is 22.6 Å². The maximum Gasteiger partial charge on any atom is 0.360 e. The van der Waals surface area contributed by atoms with E-state index < -0.39 is 17.1 Å². The lowest BCUT2D eigenvalue weighted by Gasteiger charge is -2.11. The number of nitrogens with zero attached hydrogens (tertiary/aromatic N) is 2. The molecule has 0 bridgehead atoms. The summed E-state index contributed by atoms with van der Waals surface area (Å²) in [5.74, 6) is -1.38. The van der Waals surface area contributed by atoms with Crippen LogP contribution in [-0.2, 0) is 0 Å². The first-order valence-electron chi connectivity index (χ1n) is 6.03. The monoisotopic (exact) mass is 384 g/mol. The summed E-state index contributed by atoms with van der Waals surface area (Å²) in [7, 11) is 0. The Morgan fingerprint density at radius 1 is 1.40 bits per heavy atom. The fraction of sp³-hybridized carbons (Fsp3) is 0.214. The van der Waals surface area contributed by atoms with Gasteiger partial charge in [-0.3, -0.25) is 4.79 Å². The van der Waals surface area contributed by atoms with E-state index >= 15 is 0 Å². The van der Waals surface area contributed by atoms with Crippen molar-refractivity contribution in [1.29, 1.82) is 0 Å². The molecule has 6 heteroatoms. The Bertz CT molecular complexity index is 723. The van der Waals surface area contributed by atoms with Crippen molar-refractivity contribution in [1.82, 2.24) is 9.78 Å². The van der Waals surface area contributed by atoms with Crippen LogP contribution in [0.4, 0.5) is 0 Å². The number of hydrogen-bond acceptors (Lipinski definition) is 3. The minimum absolute atomic E-state index is 0.0716. The van der Waals surface area contributed by atoms with Gasteiger partial charge in [0.15, 0.2) is 0 Å². The zero-order chi connectivity index (χ0) is 14.9. The molecule has 1 heterocycles. The van der Waals surface area contributed by atoms with Crippen molar-refractivity contribution < 1.29 is 9.90 Å². The molecule has 20 heavy (non-hydrogen) atoms. The molecule has 0 unspecified atom stereocenters. The van der Waals surface area contributed by atoms with E-state index in [9.17, 15) is 9.59 Å². The average molecular weight is 384 g/mol. The lowest BCUT2D eigenvalue weighted by molar-refractivity contribution is 0.0686. The smallest absolute Gasteiger partial charge is 0.360 e. The Morgan fingerprint density at radius 2 is 2.10 bits per heavy atom. The Morgan fingerprint density at radius 3 is 2.65 bits per heavy atom. The fourth-order valence-electron chi connectivity index (χ4n) is 1.81. The highest BCUT2D eigenvalue weighted by molar-refractivity contribution is 14.1. The highest BCUT2D eigenvalue weighted by atomic mass is 127. The standard InChI is InChI=1S/C14H13IN2O3/c1-8(2)11-7-17(10-5-3-4-9(15)6-10)16-12(13(11)18)14(19)20/h3-8H,1-2H3,(H,19,20). The molecule has 2 aromatic rings. The van der Waals surface area contributed by atoms with Gasteiger partial charge < -0.3 is 5.11 Å². The van der Waals surface area contributed by atoms with Crippen molar-refractivity contribution in [3.63, 3.8) is 0 Å². The Labute approximate surface area is 129 Å². The van der Waals surface area contributed by atoms with Crippen LogP contribution < -0.4 is 5.43 Å². The molecule has 2 rings (SSSR count). The second kappa shape index (κ2) is 5.74. The van der Waals surface area contributed by atoms with Crippen LogP contribution in [0, 0.1) is 3.57 Å². The number of carboxylic acid groups (broad SMARTS) is 1. The summed E-state index contributed by atoms with van der Waals surface area (Å²) in [6.45, 7) is 3.70. The highest BCUT2D eigenvalue weighted by Crippen LogP contribution is 2.15. The Kier molecular flexibility index (Phi) is 4.22. The second-order valence-electron chi connectivity index (χ2n) is 4.65. The van der Waals surface area contributed by atoms with Gasteiger partial charge in [-0.25, -0.2) is 9.48 Å². The van der Waals surface area contributed by atoms with Crippen LogP contribution in [0.25, 0.3) is 5.69 Å². The topological polar surface area (TPSA) is 72.2 Å². The van der Waals surface area contributed by atoms with E-state index in [0.717, 1.165) is 9.26 Å². The number of carbonyl (C=O) groups is 1. The Hall–Kier alpha value is -1.70. The summed E-state index contributed by atoms with van der Waals surface area (Å²) in [4.78, 5) is 23.2. The third kappa shape index (κ3) is 2.90. The summed E-state index contributed by atoms with van der Waals surface area (Å²) in [6, 6.07) is 7.46. The first kappa shape index (κ1) is 14.7. The molecular formula is C14H13IN2O3. The summed E-state index contributed by atoms with van der Waals surface area (Å²) >= 11 is 2.16. The van der Waals surface area contributed by atoms with Crippen LogP contribution in [0.15, 0.2) is 35.3 Å². The third-order valence-electron chi connectivity index (χ3n) is 2.84. The molecule has 5 nitrogen and oxygen atoms in total. The van der Waals surface area contributed by atoms with Crippen molar-refractivity contribution in [2.24, 2.45) is 0 Å². The Balaban J connectivity index is 2.72. The normalized spacial score (nSPS) is 10.8. The third-order valence-corrected chi connectivity index (χ3v) is 3.51. The second-order valence-corrected chi connectivity index (χ2v) is 5.89. The van der Waals surface area contributed by atoms with Gasteiger partial charge in [-0.1, -0.05) is 19.9 Å². The van der Waals surface area contributed by atoms with Crippen LogP contribution in [0.1, 0.15) is 35.8 Å². The highest BCUT2D eigenvalue weighted by Gasteiger charge is 2.18. The number of benzene rings is 1. The molecule has 0 amide bonds. The molecule has 0 saturated heterocycles. The predicted octanol–water partition coefficient (Wildman–Crippen LogP) is 2.66. The largest absolute Gasteiger partial charge is 0.476 e. The zero-order valence-electron chi connectivity index (χ0n) is 11.0. The van der Waals surface area contributed by atoms with Gasteiger partial charge in [0.2, 0.25) is 11.1 Å². The van der Waals surface area contributed by atoms with Crippen molar-refractivity contribution in [3.8, 4) is 5.69 Å². The minimum atomic E-state index is -1.31. The molecule has 1 N–H and O–H groups in total. The van der Waals surface area contributed by atoms with Gasteiger partial charge >= 0.3 is 5.97 Å². The SMILES string of the molecule is CC(C)c1cn(-c2cccc(I)c2)nc(C(=O)O)c1=O. The van der Waals surface area contributed by atoms with Gasteiger partial charge in [0, 0.05) is 15.3 Å². The van der Waals surface area contributed by atoms with E-state index in [4.69, 9.17) is 5.11 Å². The van der Waals surface area contributed by atoms with Gasteiger partial charge in [-0.15, -0.1) is 0 Å². The van der Waals surface area contributed by atoms with Crippen molar-refractivity contribution in [3.05, 3.63) is 55.5 Å². The minimum Gasteiger partial charge on any atom is -0.476 e. The number of halogens is 1. The molecule has 0 aliphatic heterocycles. The van der Waals surface area contributed by atoms with Gasteiger partial charge in [0.1, 0.15) is 0 Å². The van der Waals surface area contributed by atoms with E-state index in [2.05, 4.69) is 27.7 Å². The van der Waals surface area contributed by atoms with Crippen LogP contribution in [0.2, 0.25) is 0 Å². The quantitative estimate of drug-likeness (QED) is 0.827. The number of hydrogen-bond donors (Lipinski definition) is 1. The molecule has 0 aliphatic carbocycles. The summed E-state index contributed by atoms with van der Waals surface area (Å²) < 4.78 is 2.45. The number of rotatable bonds is 3. The van der Waals surface area contributed by atoms with E-state index in [-0.39, 0.29) is 5.92 Å². The van der Waals surface area contributed by atoms with Crippen LogP contribution in [-0.4, -0.2) is 20.9 Å². The summed E-state index contributed by atoms with van der Waals surface area (Å²) in [5, 5.41) is 13.0. The molecule has 0 atom stereocenters. The molecular weight excluding hydrogens is 371 g/mol. The molecule has 0 fully saturated rings. The maximum atomic E-state index is 12.0. The van der Waals surface area contributed by atoms with Crippen molar-refractivity contribution in [2.75, 3.05) is 0 Å². The average Bonchev–Trinajstić information content (AvgIpc) is 2.38. The predicted molar refractivity (Wildman–Crippen MR) is 83.6 cm³/mol. The van der Waals surface area contributed by atoms with Gasteiger partial charge in [0.05, 0.1) is 5.69 Å². The maximum absolute atomic E-state index is 12.0. The summed E-state index contributed by atoms with van der Waals surface area (Å²) in [6.07, 6.45) is 1.60. The van der Waals surface area contributed by atoms with E-state index in [1.807, 2.05) is 38.1 Å². The number of aromatic nitrogens is 2. The van der Waals surface area contributed by atoms with Crippen LogP contribution in [0.5, 0.6) is 0 Å². The number of carboxylic acids is 1. The lowest BCUT2D eigenvalue weighted by Crippen LogP contribution is -2.25. The summed E-state index contributed by atoms with van der Waals surface area (Å²) in [5.41, 5.74) is 0.196. The van der Waals surface area contributed by atoms with Gasteiger partial charge in [0.25, 0.3) is 0 Å². The first-order valence-corrected chi connectivity index (χ1v) is 7.11. The first-order chi connectivity index (χ1) is 9.40. The zero-order valence-corrected chi connectivity index (χ0v) is 13.2. The molecule has 0 saturated carbocycles. The molecule has 0 radical (unpaired) electrons. The van der Waals surface area contributed by atoms with Crippen molar-refractivity contribution >= 4 is 28.6 Å². The molecule has 104 valence electrons. The van der Waals surface area contributed by atoms with E-state index in [0.29, 0.717) is 5.56 Å². The van der Waals surface area contributed by atoms with Crippen molar-refractivity contribution in [2.45, 2.75) is 19.8 Å². The van der Waals surface area contributed by atoms with Gasteiger partial charge in [-0.05, 0) is 46.7 Å². The van der Waals surface area contributed by atoms with E-state index in [1.54, 1.807) is 6.20 Å². The molecule has 0 spiro atoms. The molecule has 0 aliphatic rings. The molecule has 1 aromatic carbocycles. The van der Waals surface area contributed by atoms with E-state index in [1.165, 1.54) is 4.68 Å². The van der Waals surface area contributed by atoms with Crippen LogP contribution in [0.3, 0.4) is 0 Å².